The molecule has 1 aromatic rings. The maximum absolute atomic E-state index is 13.0. The van der Waals surface area contributed by atoms with Crippen molar-refractivity contribution in [2.24, 2.45) is 5.92 Å². The van der Waals surface area contributed by atoms with Gasteiger partial charge < -0.3 is 10.6 Å². The number of amides is 1. The van der Waals surface area contributed by atoms with Crippen LogP contribution in [0, 0.1) is 5.92 Å². The van der Waals surface area contributed by atoms with E-state index in [1.165, 1.54) is 12.3 Å². The number of aromatic nitrogens is 1. The van der Waals surface area contributed by atoms with Gasteiger partial charge in [-0.25, -0.2) is 0 Å². The van der Waals surface area contributed by atoms with Crippen molar-refractivity contribution in [3.8, 4) is 0 Å². The molecule has 0 aromatic carbocycles. The Morgan fingerprint density at radius 1 is 1.43 bits per heavy atom. The normalized spacial score (nSPS) is 16.7. The summed E-state index contributed by atoms with van der Waals surface area (Å²) in [6.45, 7) is 3.07. The summed E-state index contributed by atoms with van der Waals surface area (Å²) in [4.78, 5) is 15.6. The first kappa shape index (κ1) is 15.8. The SMILES string of the molecule is CC(F)(F)c1ccc(CNC(=O)CC2CCNCC2)cn1. The van der Waals surface area contributed by atoms with Crippen molar-refractivity contribution in [2.75, 3.05) is 13.1 Å². The molecular formula is C15H21F2N3O. The van der Waals surface area contributed by atoms with Gasteiger partial charge in [-0.2, -0.15) is 8.78 Å². The fraction of sp³-hybridized carbons (Fsp3) is 0.600. The summed E-state index contributed by atoms with van der Waals surface area (Å²) in [5, 5.41) is 6.08. The minimum absolute atomic E-state index is 0.00629. The van der Waals surface area contributed by atoms with Crippen molar-refractivity contribution >= 4 is 5.91 Å². The predicted molar refractivity (Wildman–Crippen MR) is 75.9 cm³/mol. The van der Waals surface area contributed by atoms with E-state index in [1.807, 2.05) is 0 Å². The highest BCUT2D eigenvalue weighted by molar-refractivity contribution is 5.76. The van der Waals surface area contributed by atoms with Crippen LogP contribution in [0.4, 0.5) is 8.78 Å². The fourth-order valence-electron chi connectivity index (χ4n) is 2.41. The van der Waals surface area contributed by atoms with Crippen molar-refractivity contribution in [1.82, 2.24) is 15.6 Å². The number of halogens is 2. The Balaban J connectivity index is 1.78. The Morgan fingerprint density at radius 3 is 2.71 bits per heavy atom. The summed E-state index contributed by atoms with van der Waals surface area (Å²) in [6.07, 6.45) is 3.96. The largest absolute Gasteiger partial charge is 0.352 e. The Bertz CT molecular complexity index is 465. The predicted octanol–water partition coefficient (Wildman–Crippen LogP) is 2.20. The van der Waals surface area contributed by atoms with Gasteiger partial charge in [-0.1, -0.05) is 6.07 Å². The topological polar surface area (TPSA) is 54.0 Å². The van der Waals surface area contributed by atoms with Gasteiger partial charge in [-0.3, -0.25) is 9.78 Å². The Labute approximate surface area is 123 Å². The summed E-state index contributed by atoms with van der Waals surface area (Å²) in [5.74, 6) is -2.49. The van der Waals surface area contributed by atoms with Crippen LogP contribution in [0.15, 0.2) is 18.3 Å². The molecule has 0 atom stereocenters. The maximum Gasteiger partial charge on any atom is 0.286 e. The second-order valence-corrected chi connectivity index (χ2v) is 5.61. The van der Waals surface area contributed by atoms with E-state index in [0.717, 1.165) is 38.4 Å². The highest BCUT2D eigenvalue weighted by Gasteiger charge is 2.25. The molecule has 116 valence electrons. The first-order valence-electron chi connectivity index (χ1n) is 7.26. The van der Waals surface area contributed by atoms with Crippen LogP contribution in [0.5, 0.6) is 0 Å². The molecule has 2 N–H and O–H groups in total. The van der Waals surface area contributed by atoms with Gasteiger partial charge in [-0.05, 0) is 43.5 Å². The smallest absolute Gasteiger partial charge is 0.286 e. The summed E-state index contributed by atoms with van der Waals surface area (Å²) < 4.78 is 26.0. The van der Waals surface area contributed by atoms with Crippen LogP contribution < -0.4 is 10.6 Å². The molecule has 0 unspecified atom stereocenters. The van der Waals surface area contributed by atoms with Gasteiger partial charge in [-0.15, -0.1) is 0 Å². The molecule has 6 heteroatoms. The zero-order chi connectivity index (χ0) is 15.3. The van der Waals surface area contributed by atoms with Crippen molar-refractivity contribution in [3.63, 3.8) is 0 Å². The number of pyridine rings is 1. The van der Waals surface area contributed by atoms with E-state index in [4.69, 9.17) is 0 Å². The third-order valence-corrected chi connectivity index (χ3v) is 3.70. The minimum Gasteiger partial charge on any atom is -0.352 e. The van der Waals surface area contributed by atoms with Crippen LogP contribution in [0.3, 0.4) is 0 Å². The monoisotopic (exact) mass is 297 g/mol. The first-order valence-corrected chi connectivity index (χ1v) is 7.26. The number of nitrogens with zero attached hydrogens (tertiary/aromatic N) is 1. The molecule has 1 aliphatic rings. The molecule has 2 rings (SSSR count). The molecule has 0 radical (unpaired) electrons. The summed E-state index contributed by atoms with van der Waals surface area (Å²) in [7, 11) is 0. The van der Waals surface area contributed by atoms with Gasteiger partial charge in [0.1, 0.15) is 5.69 Å². The maximum atomic E-state index is 13.0. The summed E-state index contributed by atoms with van der Waals surface area (Å²) in [6, 6.07) is 2.87. The van der Waals surface area contributed by atoms with Gasteiger partial charge >= 0.3 is 0 Å². The molecule has 1 fully saturated rings. The van der Waals surface area contributed by atoms with Crippen molar-refractivity contribution < 1.29 is 13.6 Å². The number of hydrogen-bond donors (Lipinski definition) is 2. The van der Waals surface area contributed by atoms with Gasteiger partial charge in [0.2, 0.25) is 5.91 Å². The van der Waals surface area contributed by atoms with Gasteiger partial charge in [0.15, 0.2) is 0 Å². The van der Waals surface area contributed by atoms with Gasteiger partial charge in [0.05, 0.1) is 0 Å². The van der Waals surface area contributed by atoms with E-state index < -0.39 is 5.92 Å². The lowest BCUT2D eigenvalue weighted by Crippen LogP contribution is -2.32. The average Bonchev–Trinajstić information content (AvgIpc) is 2.46. The summed E-state index contributed by atoms with van der Waals surface area (Å²) >= 11 is 0. The van der Waals surface area contributed by atoms with Crippen LogP contribution in [0.1, 0.15) is 37.4 Å². The molecule has 0 spiro atoms. The lowest BCUT2D eigenvalue weighted by Gasteiger charge is -2.21. The standard InChI is InChI=1S/C15H21F2N3O/c1-15(16,17)13-3-2-12(9-19-13)10-20-14(21)8-11-4-6-18-7-5-11/h2-3,9,11,18H,4-8,10H2,1H3,(H,20,21). The zero-order valence-corrected chi connectivity index (χ0v) is 12.2. The lowest BCUT2D eigenvalue weighted by atomic mass is 9.94. The molecule has 1 aliphatic heterocycles. The molecule has 0 saturated carbocycles. The fourth-order valence-corrected chi connectivity index (χ4v) is 2.41. The second-order valence-electron chi connectivity index (χ2n) is 5.61. The highest BCUT2D eigenvalue weighted by atomic mass is 19.3. The van der Waals surface area contributed by atoms with Crippen molar-refractivity contribution in [2.45, 2.75) is 38.7 Å². The summed E-state index contributed by atoms with van der Waals surface area (Å²) in [5.41, 5.74) is 0.467. The Morgan fingerprint density at radius 2 is 2.14 bits per heavy atom. The zero-order valence-electron chi connectivity index (χ0n) is 12.2. The molecule has 0 bridgehead atoms. The molecule has 4 nitrogen and oxygen atoms in total. The molecule has 0 aliphatic carbocycles. The number of alkyl halides is 2. The van der Waals surface area contributed by atoms with E-state index in [9.17, 15) is 13.6 Å². The van der Waals surface area contributed by atoms with Crippen LogP contribution in [-0.2, 0) is 17.3 Å². The van der Waals surface area contributed by atoms with Crippen LogP contribution >= 0.6 is 0 Å². The van der Waals surface area contributed by atoms with E-state index in [2.05, 4.69) is 15.6 Å². The molecular weight excluding hydrogens is 276 g/mol. The van der Waals surface area contributed by atoms with Crippen molar-refractivity contribution in [3.05, 3.63) is 29.6 Å². The number of nitrogens with one attached hydrogen (secondary N) is 2. The van der Waals surface area contributed by atoms with E-state index in [1.54, 1.807) is 6.07 Å². The van der Waals surface area contributed by atoms with Crippen LogP contribution in [0.2, 0.25) is 0 Å². The second kappa shape index (κ2) is 6.93. The number of carbonyl (C=O) groups excluding carboxylic acids is 1. The molecule has 1 amide bonds. The highest BCUT2D eigenvalue weighted by Crippen LogP contribution is 2.24. The molecule has 1 saturated heterocycles. The van der Waals surface area contributed by atoms with Crippen molar-refractivity contribution in [1.29, 1.82) is 0 Å². The first-order chi connectivity index (χ1) is 9.95. The number of piperidine rings is 1. The lowest BCUT2D eigenvalue weighted by molar-refractivity contribution is -0.122. The number of hydrogen-bond acceptors (Lipinski definition) is 3. The van der Waals surface area contributed by atoms with Gasteiger partial charge in [0.25, 0.3) is 5.92 Å². The Hall–Kier alpha value is -1.56. The third kappa shape index (κ3) is 5.04. The number of rotatable bonds is 5. The molecule has 2 heterocycles. The number of carbonyl (C=O) groups is 1. The van der Waals surface area contributed by atoms with Gasteiger partial charge in [0, 0.05) is 26.1 Å². The average molecular weight is 297 g/mol. The minimum atomic E-state index is -2.93. The molecule has 21 heavy (non-hydrogen) atoms. The molecule has 1 aromatic heterocycles. The quantitative estimate of drug-likeness (QED) is 0.876. The third-order valence-electron chi connectivity index (χ3n) is 3.70. The van der Waals surface area contributed by atoms with Crippen LogP contribution in [-0.4, -0.2) is 24.0 Å². The Kier molecular flexibility index (Phi) is 5.22. The van der Waals surface area contributed by atoms with Crippen LogP contribution in [0.25, 0.3) is 0 Å². The van der Waals surface area contributed by atoms with E-state index >= 15 is 0 Å². The van der Waals surface area contributed by atoms with E-state index in [-0.39, 0.29) is 11.6 Å². The van der Waals surface area contributed by atoms with E-state index in [0.29, 0.717) is 18.9 Å².